The van der Waals surface area contributed by atoms with Crippen LogP contribution in [0.2, 0.25) is 0 Å². The molecule has 0 N–H and O–H groups in total. The van der Waals surface area contributed by atoms with E-state index in [4.69, 9.17) is 4.74 Å². The Bertz CT molecular complexity index is 569. The van der Waals surface area contributed by atoms with Gasteiger partial charge in [0.1, 0.15) is 0 Å². The molecule has 0 radical (unpaired) electrons. The molecule has 0 amide bonds. The Balaban J connectivity index is 2.55. The van der Waals surface area contributed by atoms with Gasteiger partial charge in [0.05, 0.1) is 22.5 Å². The van der Waals surface area contributed by atoms with Gasteiger partial charge in [0.15, 0.2) is 0 Å². The highest BCUT2D eigenvalue weighted by molar-refractivity contribution is 7.95. The predicted octanol–water partition coefficient (Wildman–Crippen LogP) is 1.38. The number of carbonyl (C=O) groups is 1. The SMILES string of the molecule is CCOC(=O)C1=CS(=O)(=O)c2ccccc21. The van der Waals surface area contributed by atoms with Crippen LogP contribution in [-0.4, -0.2) is 21.0 Å². The fourth-order valence-electron chi connectivity index (χ4n) is 1.59. The zero-order valence-electron chi connectivity index (χ0n) is 8.64. The second-order valence-corrected chi connectivity index (χ2v) is 5.06. The number of benzene rings is 1. The van der Waals surface area contributed by atoms with Crippen molar-refractivity contribution in [1.82, 2.24) is 0 Å². The standard InChI is InChI=1S/C11H10O4S/c1-2-15-11(12)9-7-16(13,14)10-6-4-3-5-8(9)10/h3-7H,2H2,1H3. The van der Waals surface area contributed by atoms with Crippen LogP contribution < -0.4 is 0 Å². The minimum atomic E-state index is -3.48. The zero-order valence-corrected chi connectivity index (χ0v) is 9.45. The van der Waals surface area contributed by atoms with E-state index in [2.05, 4.69) is 0 Å². The second-order valence-electron chi connectivity index (χ2n) is 3.29. The van der Waals surface area contributed by atoms with E-state index in [0.29, 0.717) is 5.56 Å². The molecule has 1 aliphatic heterocycles. The summed E-state index contributed by atoms with van der Waals surface area (Å²) < 4.78 is 28.2. The molecule has 0 spiro atoms. The van der Waals surface area contributed by atoms with Crippen LogP contribution in [0.5, 0.6) is 0 Å². The van der Waals surface area contributed by atoms with Crippen molar-refractivity contribution in [2.24, 2.45) is 0 Å². The van der Waals surface area contributed by atoms with E-state index in [0.717, 1.165) is 5.41 Å². The summed E-state index contributed by atoms with van der Waals surface area (Å²) in [6.45, 7) is 1.90. The summed E-state index contributed by atoms with van der Waals surface area (Å²) in [6.07, 6.45) is 0. The molecule has 1 heterocycles. The Morgan fingerprint density at radius 3 is 2.69 bits per heavy atom. The van der Waals surface area contributed by atoms with Crippen LogP contribution in [0, 0.1) is 0 Å². The van der Waals surface area contributed by atoms with Crippen molar-refractivity contribution in [3.63, 3.8) is 0 Å². The molecule has 0 aliphatic carbocycles. The Morgan fingerprint density at radius 1 is 1.31 bits per heavy atom. The van der Waals surface area contributed by atoms with Gasteiger partial charge in [-0.2, -0.15) is 0 Å². The number of fused-ring (bicyclic) bond motifs is 1. The Morgan fingerprint density at radius 2 is 2.00 bits per heavy atom. The number of carbonyl (C=O) groups excluding carboxylic acids is 1. The lowest BCUT2D eigenvalue weighted by molar-refractivity contribution is -0.136. The summed E-state index contributed by atoms with van der Waals surface area (Å²) in [5, 5.41) is 0.968. The fourth-order valence-corrected chi connectivity index (χ4v) is 3.00. The summed E-state index contributed by atoms with van der Waals surface area (Å²) in [4.78, 5) is 11.7. The summed E-state index contributed by atoms with van der Waals surface area (Å²) in [5.74, 6) is -0.601. The van der Waals surface area contributed by atoms with Gasteiger partial charge in [-0.1, -0.05) is 18.2 Å². The van der Waals surface area contributed by atoms with Gasteiger partial charge in [-0.05, 0) is 13.0 Å². The average Bonchev–Trinajstić information content (AvgIpc) is 2.52. The van der Waals surface area contributed by atoms with Gasteiger partial charge in [-0.25, -0.2) is 13.2 Å². The first-order chi connectivity index (χ1) is 7.56. The predicted molar refractivity (Wildman–Crippen MR) is 58.2 cm³/mol. The summed E-state index contributed by atoms with van der Waals surface area (Å²) in [6, 6.07) is 6.39. The van der Waals surface area contributed by atoms with Gasteiger partial charge in [0.25, 0.3) is 0 Å². The fraction of sp³-hybridized carbons (Fsp3) is 0.182. The third-order valence-corrected chi connectivity index (χ3v) is 3.77. The summed E-state index contributed by atoms with van der Waals surface area (Å²) in [7, 11) is -3.48. The van der Waals surface area contributed by atoms with Crippen LogP contribution in [0.15, 0.2) is 34.6 Å². The summed E-state index contributed by atoms with van der Waals surface area (Å²) >= 11 is 0. The number of sulfone groups is 1. The molecule has 1 aromatic rings. The lowest BCUT2D eigenvalue weighted by atomic mass is 10.1. The van der Waals surface area contributed by atoms with Gasteiger partial charge in [0.2, 0.25) is 9.84 Å². The third kappa shape index (κ3) is 1.63. The van der Waals surface area contributed by atoms with Gasteiger partial charge in [0, 0.05) is 5.56 Å². The first-order valence-electron chi connectivity index (χ1n) is 4.79. The van der Waals surface area contributed by atoms with Crippen LogP contribution in [-0.2, 0) is 19.4 Å². The molecule has 1 aromatic carbocycles. The maximum absolute atomic E-state index is 11.7. The van der Waals surface area contributed by atoms with E-state index in [9.17, 15) is 13.2 Å². The zero-order chi connectivity index (χ0) is 11.8. The number of ether oxygens (including phenoxy) is 1. The minimum Gasteiger partial charge on any atom is -0.462 e. The molecule has 84 valence electrons. The molecule has 0 unspecified atom stereocenters. The first kappa shape index (κ1) is 10.9. The van der Waals surface area contributed by atoms with E-state index in [1.54, 1.807) is 25.1 Å². The van der Waals surface area contributed by atoms with Crippen molar-refractivity contribution in [3.8, 4) is 0 Å². The third-order valence-electron chi connectivity index (χ3n) is 2.25. The van der Waals surface area contributed by atoms with E-state index in [1.165, 1.54) is 6.07 Å². The van der Waals surface area contributed by atoms with Gasteiger partial charge in [-0.15, -0.1) is 0 Å². The summed E-state index contributed by atoms with van der Waals surface area (Å²) in [5.41, 5.74) is 0.526. The molecule has 2 rings (SSSR count). The van der Waals surface area contributed by atoms with E-state index < -0.39 is 15.8 Å². The lowest BCUT2D eigenvalue weighted by Crippen LogP contribution is -2.05. The molecule has 0 bridgehead atoms. The van der Waals surface area contributed by atoms with Crippen LogP contribution in [0.4, 0.5) is 0 Å². The molecule has 16 heavy (non-hydrogen) atoms. The van der Waals surface area contributed by atoms with Gasteiger partial charge >= 0.3 is 5.97 Å². The highest BCUT2D eigenvalue weighted by Gasteiger charge is 2.30. The van der Waals surface area contributed by atoms with E-state index in [1.807, 2.05) is 0 Å². The number of rotatable bonds is 2. The molecular weight excluding hydrogens is 228 g/mol. The molecule has 0 fully saturated rings. The molecule has 0 atom stereocenters. The van der Waals surface area contributed by atoms with Crippen molar-refractivity contribution < 1.29 is 17.9 Å². The smallest absolute Gasteiger partial charge is 0.339 e. The highest BCUT2D eigenvalue weighted by atomic mass is 32.2. The molecule has 5 heteroatoms. The second kappa shape index (κ2) is 3.75. The lowest BCUT2D eigenvalue weighted by Gasteiger charge is -2.03. The number of esters is 1. The monoisotopic (exact) mass is 238 g/mol. The number of hydrogen-bond donors (Lipinski definition) is 0. The largest absolute Gasteiger partial charge is 0.462 e. The Hall–Kier alpha value is -1.62. The maximum atomic E-state index is 11.7. The van der Waals surface area contributed by atoms with Crippen LogP contribution in [0.25, 0.3) is 5.57 Å². The van der Waals surface area contributed by atoms with Gasteiger partial charge in [-0.3, -0.25) is 0 Å². The maximum Gasteiger partial charge on any atom is 0.339 e. The Kier molecular flexibility index (Phi) is 2.55. The Labute approximate surface area is 93.5 Å². The molecular formula is C11H10O4S. The van der Waals surface area contributed by atoms with Crippen molar-refractivity contribution >= 4 is 21.4 Å². The molecule has 0 saturated carbocycles. The highest BCUT2D eigenvalue weighted by Crippen LogP contribution is 2.33. The van der Waals surface area contributed by atoms with Crippen LogP contribution in [0.3, 0.4) is 0 Å². The minimum absolute atomic E-state index is 0.109. The van der Waals surface area contributed by atoms with E-state index in [-0.39, 0.29) is 17.1 Å². The normalized spacial score (nSPS) is 16.4. The average molecular weight is 238 g/mol. The molecule has 1 aliphatic rings. The molecule has 4 nitrogen and oxygen atoms in total. The topological polar surface area (TPSA) is 60.4 Å². The van der Waals surface area contributed by atoms with Crippen molar-refractivity contribution in [3.05, 3.63) is 35.2 Å². The quantitative estimate of drug-likeness (QED) is 0.730. The van der Waals surface area contributed by atoms with Crippen molar-refractivity contribution in [2.45, 2.75) is 11.8 Å². The van der Waals surface area contributed by atoms with Crippen molar-refractivity contribution in [1.29, 1.82) is 0 Å². The van der Waals surface area contributed by atoms with Crippen LogP contribution >= 0.6 is 0 Å². The first-order valence-corrected chi connectivity index (χ1v) is 6.34. The van der Waals surface area contributed by atoms with Crippen molar-refractivity contribution in [2.75, 3.05) is 6.61 Å². The molecule has 0 saturated heterocycles. The molecule has 0 aromatic heterocycles. The number of hydrogen-bond acceptors (Lipinski definition) is 4. The van der Waals surface area contributed by atoms with Gasteiger partial charge < -0.3 is 4.74 Å². The van der Waals surface area contributed by atoms with E-state index >= 15 is 0 Å². The van der Waals surface area contributed by atoms with Crippen LogP contribution in [0.1, 0.15) is 12.5 Å².